The molecule has 15 heavy (non-hydrogen) atoms. The van der Waals surface area contributed by atoms with Crippen LogP contribution in [0.5, 0.6) is 0 Å². The monoisotopic (exact) mass is 224 g/mol. The van der Waals surface area contributed by atoms with Crippen molar-refractivity contribution in [1.82, 2.24) is 0 Å². The van der Waals surface area contributed by atoms with Crippen molar-refractivity contribution >= 4 is 17.8 Å². The van der Waals surface area contributed by atoms with Crippen molar-refractivity contribution in [1.29, 1.82) is 0 Å². The van der Waals surface area contributed by atoms with Crippen LogP contribution in [0.2, 0.25) is 0 Å². The fourth-order valence-corrected chi connectivity index (χ4v) is 1.57. The van der Waals surface area contributed by atoms with Gasteiger partial charge in [0.1, 0.15) is 5.82 Å². The van der Waals surface area contributed by atoms with E-state index in [0.717, 1.165) is 5.57 Å². The van der Waals surface area contributed by atoms with Gasteiger partial charge in [0.15, 0.2) is 0 Å². The predicted octanol–water partition coefficient (Wildman–Crippen LogP) is 2.77. The second-order valence-electron chi connectivity index (χ2n) is 3.24. The van der Waals surface area contributed by atoms with E-state index >= 15 is 0 Å². The van der Waals surface area contributed by atoms with Crippen molar-refractivity contribution in [2.45, 2.75) is 12.8 Å². The highest BCUT2D eigenvalue weighted by molar-refractivity contribution is 6.32. The summed E-state index contributed by atoms with van der Waals surface area (Å²) in [4.78, 5) is 3.84. The molecule has 0 aromatic rings. The summed E-state index contributed by atoms with van der Waals surface area (Å²) in [6.07, 6.45) is 4.28. The number of rotatable bonds is 3. The van der Waals surface area contributed by atoms with Gasteiger partial charge >= 0.3 is 0 Å². The van der Waals surface area contributed by atoms with Crippen LogP contribution < -0.4 is 5.73 Å². The van der Waals surface area contributed by atoms with E-state index in [9.17, 15) is 5.11 Å². The molecule has 3 N–H and O–H groups in total. The number of hydrogen-bond donors (Lipinski definition) is 2. The Morgan fingerprint density at radius 3 is 2.73 bits per heavy atom. The van der Waals surface area contributed by atoms with Crippen LogP contribution in [0.1, 0.15) is 12.8 Å². The highest BCUT2D eigenvalue weighted by Gasteiger charge is 2.12. The van der Waals surface area contributed by atoms with Gasteiger partial charge in [-0.25, -0.2) is 4.99 Å². The standard InChI is InChI=1S/C11H13ClN2O/c1-7(6-14-8(2)13)10-4-3-9(15)5-11(10)12/h5-6,15H,1-4,13H2/b14-6-. The molecule has 0 fully saturated rings. The summed E-state index contributed by atoms with van der Waals surface area (Å²) >= 11 is 5.95. The van der Waals surface area contributed by atoms with Crippen LogP contribution in [0.25, 0.3) is 0 Å². The van der Waals surface area contributed by atoms with E-state index in [1.165, 1.54) is 12.3 Å². The van der Waals surface area contributed by atoms with Gasteiger partial charge in [-0.3, -0.25) is 0 Å². The van der Waals surface area contributed by atoms with Crippen molar-refractivity contribution in [3.8, 4) is 0 Å². The highest BCUT2D eigenvalue weighted by atomic mass is 35.5. The molecular weight excluding hydrogens is 212 g/mol. The largest absolute Gasteiger partial charge is 0.512 e. The van der Waals surface area contributed by atoms with Crippen LogP contribution in [-0.2, 0) is 0 Å². The van der Waals surface area contributed by atoms with E-state index in [0.29, 0.717) is 23.4 Å². The minimum atomic E-state index is 0.224. The topological polar surface area (TPSA) is 58.6 Å². The summed E-state index contributed by atoms with van der Waals surface area (Å²) in [5.41, 5.74) is 6.86. The third-order valence-corrected chi connectivity index (χ3v) is 2.32. The van der Waals surface area contributed by atoms with Gasteiger partial charge in [0.25, 0.3) is 0 Å². The number of aliphatic imine (C=N–C) groups is 1. The smallest absolute Gasteiger partial charge is 0.116 e. The van der Waals surface area contributed by atoms with E-state index in [4.69, 9.17) is 17.3 Å². The maximum Gasteiger partial charge on any atom is 0.116 e. The van der Waals surface area contributed by atoms with Gasteiger partial charge in [0.2, 0.25) is 0 Å². The summed E-state index contributed by atoms with van der Waals surface area (Å²) < 4.78 is 0. The molecule has 0 atom stereocenters. The molecule has 0 aromatic carbocycles. The minimum absolute atomic E-state index is 0.224. The van der Waals surface area contributed by atoms with E-state index in [-0.39, 0.29) is 11.6 Å². The van der Waals surface area contributed by atoms with E-state index in [1.807, 2.05) is 0 Å². The molecule has 0 aromatic heterocycles. The molecule has 1 rings (SSSR count). The van der Waals surface area contributed by atoms with Crippen LogP contribution in [0.3, 0.4) is 0 Å². The zero-order valence-electron chi connectivity index (χ0n) is 8.33. The first-order valence-electron chi connectivity index (χ1n) is 4.46. The molecule has 80 valence electrons. The van der Waals surface area contributed by atoms with Gasteiger partial charge in [-0.05, 0) is 23.6 Å². The Morgan fingerprint density at radius 1 is 1.53 bits per heavy atom. The normalized spacial score (nSPS) is 16.7. The lowest BCUT2D eigenvalue weighted by atomic mass is 9.98. The zero-order chi connectivity index (χ0) is 11.4. The average Bonchev–Trinajstić information content (AvgIpc) is 2.14. The minimum Gasteiger partial charge on any atom is -0.512 e. The Hall–Kier alpha value is -1.48. The van der Waals surface area contributed by atoms with E-state index in [2.05, 4.69) is 18.2 Å². The molecule has 0 spiro atoms. The molecule has 0 radical (unpaired) electrons. The number of nitrogens with two attached hydrogens (primary N) is 1. The van der Waals surface area contributed by atoms with Crippen LogP contribution in [0, 0.1) is 0 Å². The Labute approximate surface area is 94.0 Å². The molecule has 0 amide bonds. The third-order valence-electron chi connectivity index (χ3n) is 1.99. The molecule has 1 aliphatic carbocycles. The van der Waals surface area contributed by atoms with Crippen molar-refractivity contribution in [3.63, 3.8) is 0 Å². The number of allylic oxidation sites excluding steroid dienone is 5. The Morgan fingerprint density at radius 2 is 2.20 bits per heavy atom. The lowest BCUT2D eigenvalue weighted by Crippen LogP contribution is -2.00. The van der Waals surface area contributed by atoms with E-state index < -0.39 is 0 Å². The molecular formula is C11H13ClN2O. The molecule has 3 nitrogen and oxygen atoms in total. The molecule has 0 unspecified atom stereocenters. The highest BCUT2D eigenvalue weighted by Crippen LogP contribution is 2.28. The van der Waals surface area contributed by atoms with Gasteiger partial charge in [-0.15, -0.1) is 0 Å². The quantitative estimate of drug-likeness (QED) is 0.725. The fourth-order valence-electron chi connectivity index (χ4n) is 1.23. The van der Waals surface area contributed by atoms with Gasteiger partial charge in [-0.1, -0.05) is 24.8 Å². The van der Waals surface area contributed by atoms with Crippen LogP contribution in [-0.4, -0.2) is 11.3 Å². The van der Waals surface area contributed by atoms with Gasteiger partial charge in [0.05, 0.1) is 5.76 Å². The van der Waals surface area contributed by atoms with Gasteiger partial charge < -0.3 is 10.8 Å². The molecule has 0 saturated heterocycles. The maximum absolute atomic E-state index is 9.24. The maximum atomic E-state index is 9.24. The van der Waals surface area contributed by atoms with Crippen LogP contribution >= 0.6 is 11.6 Å². The lowest BCUT2D eigenvalue weighted by Gasteiger charge is -2.13. The number of aliphatic hydroxyl groups excluding tert-OH is 1. The van der Waals surface area contributed by atoms with E-state index in [1.54, 1.807) is 0 Å². The molecule has 0 saturated carbocycles. The predicted molar refractivity (Wildman–Crippen MR) is 63.8 cm³/mol. The summed E-state index contributed by atoms with van der Waals surface area (Å²) in [7, 11) is 0. The molecule has 0 bridgehead atoms. The first kappa shape index (κ1) is 11.6. The summed E-state index contributed by atoms with van der Waals surface area (Å²) in [6, 6.07) is 0. The van der Waals surface area contributed by atoms with Crippen molar-refractivity contribution < 1.29 is 5.11 Å². The molecule has 0 heterocycles. The zero-order valence-corrected chi connectivity index (χ0v) is 9.09. The van der Waals surface area contributed by atoms with Crippen molar-refractivity contribution in [2.24, 2.45) is 10.7 Å². The number of aliphatic hydroxyl groups is 1. The third kappa shape index (κ3) is 3.29. The van der Waals surface area contributed by atoms with Crippen molar-refractivity contribution in [2.75, 3.05) is 0 Å². The average molecular weight is 225 g/mol. The molecule has 1 aliphatic rings. The Balaban J connectivity index is 2.85. The summed E-state index contributed by atoms with van der Waals surface area (Å²) in [5, 5.41) is 9.74. The first-order valence-corrected chi connectivity index (χ1v) is 4.84. The second-order valence-corrected chi connectivity index (χ2v) is 3.64. The van der Waals surface area contributed by atoms with Crippen LogP contribution in [0.4, 0.5) is 0 Å². The summed E-state index contributed by atoms with van der Waals surface area (Å²) in [5.74, 6) is 0.513. The van der Waals surface area contributed by atoms with Crippen LogP contribution in [0.15, 0.2) is 52.0 Å². The van der Waals surface area contributed by atoms with Gasteiger partial charge in [-0.2, -0.15) is 0 Å². The van der Waals surface area contributed by atoms with Gasteiger partial charge in [0, 0.05) is 17.7 Å². The number of hydrogen-bond acceptors (Lipinski definition) is 3. The Bertz CT molecular complexity index is 391. The van der Waals surface area contributed by atoms with Crippen molar-refractivity contribution in [3.05, 3.63) is 47.0 Å². The Kier molecular flexibility index (Phi) is 3.74. The second kappa shape index (κ2) is 4.84. The summed E-state index contributed by atoms with van der Waals surface area (Å²) in [6.45, 7) is 7.27. The molecule has 0 aliphatic heterocycles. The number of nitrogens with zero attached hydrogens (tertiary/aromatic N) is 1. The SMILES string of the molecule is C=C(N)/N=C\C(=C)C1=C(Cl)C=C(O)CC1. The lowest BCUT2D eigenvalue weighted by molar-refractivity contribution is 0.386. The first-order chi connectivity index (χ1) is 7.00. The molecule has 4 heteroatoms. The fraction of sp³-hybridized carbons (Fsp3) is 0.182. The number of halogens is 1.